The molecule has 112 valence electrons. The van der Waals surface area contributed by atoms with E-state index in [0.29, 0.717) is 18.0 Å². The van der Waals surface area contributed by atoms with Crippen molar-refractivity contribution in [2.75, 3.05) is 0 Å². The van der Waals surface area contributed by atoms with Gasteiger partial charge >= 0.3 is 0 Å². The van der Waals surface area contributed by atoms with E-state index in [0.717, 1.165) is 21.1 Å². The van der Waals surface area contributed by atoms with Crippen LogP contribution in [0.25, 0.3) is 10.6 Å². The Morgan fingerprint density at radius 1 is 1.27 bits per heavy atom. The fourth-order valence-corrected chi connectivity index (χ4v) is 3.03. The molecule has 1 amide bonds. The molecule has 22 heavy (non-hydrogen) atoms. The van der Waals surface area contributed by atoms with Crippen molar-refractivity contribution in [3.63, 3.8) is 0 Å². The number of rotatable bonds is 4. The third-order valence-electron chi connectivity index (χ3n) is 3.18. The van der Waals surface area contributed by atoms with Gasteiger partial charge in [-0.2, -0.15) is 0 Å². The van der Waals surface area contributed by atoms with Gasteiger partial charge in [0.15, 0.2) is 5.69 Å². The van der Waals surface area contributed by atoms with Gasteiger partial charge in [0.1, 0.15) is 10.8 Å². The molecule has 0 radical (unpaired) electrons. The largest absolute Gasteiger partial charge is 0.361 e. The van der Waals surface area contributed by atoms with Gasteiger partial charge in [0.25, 0.3) is 5.91 Å². The Balaban J connectivity index is 1.71. The van der Waals surface area contributed by atoms with Crippen LogP contribution in [0.15, 0.2) is 40.9 Å². The van der Waals surface area contributed by atoms with E-state index in [-0.39, 0.29) is 5.91 Å². The number of carbonyl (C=O) groups is 1. The Bertz CT molecular complexity index is 793. The lowest BCUT2D eigenvalue weighted by atomic mass is 10.2. The SMILES string of the molecule is Cc1cc(C(=O)NCc2sc(-c3ccccc3)nc2C)no1. The quantitative estimate of drug-likeness (QED) is 0.802. The summed E-state index contributed by atoms with van der Waals surface area (Å²) in [6.07, 6.45) is 0. The number of nitrogens with zero attached hydrogens (tertiary/aromatic N) is 2. The first-order valence-electron chi connectivity index (χ1n) is 6.87. The number of amides is 1. The first kappa shape index (κ1) is 14.5. The maximum atomic E-state index is 12.0. The van der Waals surface area contributed by atoms with Crippen LogP contribution in [0.1, 0.15) is 26.8 Å². The standard InChI is InChI=1S/C16H15N3O2S/c1-10-8-13(19-21-10)15(20)17-9-14-11(2)18-16(22-14)12-6-4-3-5-7-12/h3-8H,9H2,1-2H3,(H,17,20). The number of aryl methyl sites for hydroxylation is 2. The fraction of sp³-hybridized carbons (Fsp3) is 0.188. The lowest BCUT2D eigenvalue weighted by Crippen LogP contribution is -2.22. The highest BCUT2D eigenvalue weighted by Gasteiger charge is 2.13. The van der Waals surface area contributed by atoms with E-state index in [1.165, 1.54) is 0 Å². The number of benzene rings is 1. The Kier molecular flexibility index (Phi) is 4.02. The number of hydrogen-bond acceptors (Lipinski definition) is 5. The molecule has 0 spiro atoms. The second-order valence-corrected chi connectivity index (χ2v) is 5.98. The molecule has 6 heteroatoms. The molecule has 0 fully saturated rings. The third-order valence-corrected chi connectivity index (χ3v) is 4.39. The fourth-order valence-electron chi connectivity index (χ4n) is 2.02. The Labute approximate surface area is 132 Å². The molecular formula is C16H15N3O2S. The van der Waals surface area contributed by atoms with Crippen molar-refractivity contribution in [1.82, 2.24) is 15.5 Å². The normalized spacial score (nSPS) is 10.6. The van der Waals surface area contributed by atoms with Crippen molar-refractivity contribution in [3.05, 3.63) is 58.4 Å². The predicted octanol–water partition coefficient (Wildman–Crippen LogP) is 3.34. The van der Waals surface area contributed by atoms with Crippen LogP contribution in [0.3, 0.4) is 0 Å². The summed E-state index contributed by atoms with van der Waals surface area (Å²) in [5, 5.41) is 7.51. The summed E-state index contributed by atoms with van der Waals surface area (Å²) in [4.78, 5) is 17.6. The topological polar surface area (TPSA) is 68.0 Å². The van der Waals surface area contributed by atoms with Crippen LogP contribution in [0.2, 0.25) is 0 Å². The highest BCUT2D eigenvalue weighted by molar-refractivity contribution is 7.15. The van der Waals surface area contributed by atoms with Crippen molar-refractivity contribution >= 4 is 17.2 Å². The average Bonchev–Trinajstić information content (AvgIpc) is 3.12. The van der Waals surface area contributed by atoms with E-state index in [2.05, 4.69) is 15.5 Å². The van der Waals surface area contributed by atoms with Crippen LogP contribution >= 0.6 is 11.3 Å². The van der Waals surface area contributed by atoms with Gasteiger partial charge in [-0.15, -0.1) is 11.3 Å². The highest BCUT2D eigenvalue weighted by Crippen LogP contribution is 2.27. The second kappa shape index (κ2) is 6.11. The summed E-state index contributed by atoms with van der Waals surface area (Å²) in [7, 11) is 0. The molecule has 0 aliphatic carbocycles. The zero-order valence-electron chi connectivity index (χ0n) is 12.3. The van der Waals surface area contributed by atoms with Gasteiger partial charge in [-0.05, 0) is 13.8 Å². The van der Waals surface area contributed by atoms with Crippen molar-refractivity contribution in [2.24, 2.45) is 0 Å². The van der Waals surface area contributed by atoms with E-state index in [1.807, 2.05) is 37.3 Å². The highest BCUT2D eigenvalue weighted by atomic mass is 32.1. The van der Waals surface area contributed by atoms with Crippen LogP contribution in [-0.2, 0) is 6.54 Å². The maximum absolute atomic E-state index is 12.0. The van der Waals surface area contributed by atoms with Gasteiger partial charge in [-0.1, -0.05) is 35.5 Å². The summed E-state index contributed by atoms with van der Waals surface area (Å²) in [6, 6.07) is 11.6. The lowest BCUT2D eigenvalue weighted by Gasteiger charge is -2.00. The van der Waals surface area contributed by atoms with Crippen LogP contribution < -0.4 is 5.32 Å². The molecule has 2 heterocycles. The van der Waals surface area contributed by atoms with Crippen LogP contribution in [0.4, 0.5) is 0 Å². The van der Waals surface area contributed by atoms with Crippen LogP contribution in [-0.4, -0.2) is 16.0 Å². The molecule has 3 aromatic rings. The molecule has 0 unspecified atom stereocenters. The van der Waals surface area contributed by atoms with Crippen molar-refractivity contribution in [1.29, 1.82) is 0 Å². The van der Waals surface area contributed by atoms with Crippen LogP contribution in [0.5, 0.6) is 0 Å². The molecular weight excluding hydrogens is 298 g/mol. The van der Waals surface area contributed by atoms with Gasteiger partial charge in [-0.3, -0.25) is 4.79 Å². The lowest BCUT2D eigenvalue weighted by molar-refractivity contribution is 0.0942. The minimum Gasteiger partial charge on any atom is -0.361 e. The second-order valence-electron chi connectivity index (χ2n) is 4.90. The van der Waals surface area contributed by atoms with Gasteiger partial charge in [0, 0.05) is 16.5 Å². The summed E-state index contributed by atoms with van der Waals surface area (Å²) in [5.41, 5.74) is 2.31. The van der Waals surface area contributed by atoms with Gasteiger partial charge < -0.3 is 9.84 Å². The molecule has 0 bridgehead atoms. The Hall–Kier alpha value is -2.47. The number of aromatic nitrogens is 2. The molecule has 0 saturated heterocycles. The molecule has 3 rings (SSSR count). The zero-order chi connectivity index (χ0) is 15.5. The number of nitrogens with one attached hydrogen (secondary N) is 1. The summed E-state index contributed by atoms with van der Waals surface area (Å²) in [5.74, 6) is 0.372. The maximum Gasteiger partial charge on any atom is 0.273 e. The van der Waals surface area contributed by atoms with Crippen molar-refractivity contribution < 1.29 is 9.32 Å². The van der Waals surface area contributed by atoms with E-state index >= 15 is 0 Å². The molecule has 0 aliphatic heterocycles. The van der Waals surface area contributed by atoms with E-state index in [1.54, 1.807) is 24.3 Å². The molecule has 5 nitrogen and oxygen atoms in total. The minimum atomic E-state index is -0.245. The zero-order valence-corrected chi connectivity index (χ0v) is 13.1. The molecule has 1 N–H and O–H groups in total. The smallest absolute Gasteiger partial charge is 0.273 e. The molecule has 0 aliphatic rings. The van der Waals surface area contributed by atoms with Crippen LogP contribution in [0, 0.1) is 13.8 Å². The summed E-state index contributed by atoms with van der Waals surface area (Å²) in [6.45, 7) is 4.13. The first-order valence-corrected chi connectivity index (χ1v) is 7.68. The molecule has 0 saturated carbocycles. The number of thiazole rings is 1. The van der Waals surface area contributed by atoms with Crippen molar-refractivity contribution in [2.45, 2.75) is 20.4 Å². The summed E-state index contributed by atoms with van der Waals surface area (Å²) >= 11 is 1.59. The molecule has 1 aromatic carbocycles. The average molecular weight is 313 g/mol. The number of hydrogen-bond donors (Lipinski definition) is 1. The Morgan fingerprint density at radius 2 is 2.05 bits per heavy atom. The van der Waals surface area contributed by atoms with E-state index < -0.39 is 0 Å². The number of carbonyl (C=O) groups excluding carboxylic acids is 1. The third kappa shape index (κ3) is 3.07. The van der Waals surface area contributed by atoms with Gasteiger partial charge in [-0.25, -0.2) is 4.98 Å². The molecule has 2 aromatic heterocycles. The van der Waals surface area contributed by atoms with E-state index in [9.17, 15) is 4.79 Å². The van der Waals surface area contributed by atoms with Gasteiger partial charge in [0.2, 0.25) is 0 Å². The van der Waals surface area contributed by atoms with Gasteiger partial charge in [0.05, 0.1) is 12.2 Å². The van der Waals surface area contributed by atoms with Crippen molar-refractivity contribution in [3.8, 4) is 10.6 Å². The Morgan fingerprint density at radius 3 is 2.73 bits per heavy atom. The predicted molar refractivity (Wildman–Crippen MR) is 84.7 cm³/mol. The van der Waals surface area contributed by atoms with E-state index in [4.69, 9.17) is 4.52 Å². The minimum absolute atomic E-state index is 0.245. The monoisotopic (exact) mass is 313 g/mol. The first-order chi connectivity index (χ1) is 10.6. The molecule has 0 atom stereocenters. The summed E-state index contributed by atoms with van der Waals surface area (Å²) < 4.78 is 4.90.